The molecule has 0 bridgehead atoms. The highest BCUT2D eigenvalue weighted by Gasteiger charge is 2.55. The zero-order chi connectivity index (χ0) is 22.4. The van der Waals surface area contributed by atoms with E-state index in [2.05, 4.69) is 17.1 Å². The van der Waals surface area contributed by atoms with Crippen LogP contribution in [0.15, 0.2) is 28.6 Å². The third kappa shape index (κ3) is 3.96. The Morgan fingerprint density at radius 3 is 2.63 bits per heavy atom. The van der Waals surface area contributed by atoms with Crippen LogP contribution < -0.4 is 11.1 Å². The van der Waals surface area contributed by atoms with E-state index in [0.717, 1.165) is 0 Å². The number of carbonyl (C=O) groups is 3. The Balaban J connectivity index is 1.79. The third-order valence-electron chi connectivity index (χ3n) is 4.88. The van der Waals surface area contributed by atoms with Crippen LogP contribution >= 0.6 is 23.5 Å². The summed E-state index contributed by atoms with van der Waals surface area (Å²) >= 11 is 2.58. The molecule has 11 nitrogen and oxygen atoms in total. The van der Waals surface area contributed by atoms with Crippen LogP contribution in [0.3, 0.4) is 0 Å². The summed E-state index contributed by atoms with van der Waals surface area (Å²) in [5.74, 6) is -2.26. The van der Waals surface area contributed by atoms with Crippen molar-refractivity contribution in [3.63, 3.8) is 0 Å². The van der Waals surface area contributed by atoms with E-state index >= 15 is 0 Å². The molecule has 2 unspecified atom stereocenters. The number of carboxylic acids is 1. The van der Waals surface area contributed by atoms with Crippen LogP contribution in [0.5, 0.6) is 0 Å². The quantitative estimate of drug-likeness (QED) is 0.175. The number of nitrogens with zero attached hydrogens (tertiary/aromatic N) is 3. The zero-order valence-corrected chi connectivity index (χ0v) is 18.2. The first-order valence-electron chi connectivity index (χ1n) is 8.92. The number of aliphatic hydroxyl groups is 1. The maximum Gasteiger partial charge on any atom is 0.350 e. The fourth-order valence-corrected chi connectivity index (χ4v) is 5.12. The number of carbonyl (C=O) groups excluding carboxylic acids is 2. The van der Waals surface area contributed by atoms with Crippen molar-refractivity contribution in [3.8, 4) is 0 Å². The van der Waals surface area contributed by atoms with Crippen molar-refractivity contribution in [1.29, 1.82) is 0 Å². The number of β-lactam (4-membered cyclic amide) rings is 1. The Morgan fingerprint density at radius 2 is 2.10 bits per heavy atom. The lowest BCUT2D eigenvalue weighted by molar-refractivity contribution is -0.161. The van der Waals surface area contributed by atoms with Crippen LogP contribution in [0.2, 0.25) is 0 Å². The van der Waals surface area contributed by atoms with E-state index in [1.807, 2.05) is 0 Å². The molecule has 0 saturated carbocycles. The summed E-state index contributed by atoms with van der Waals surface area (Å²) in [6, 6.07) is -0.807. The highest BCUT2D eigenvalue weighted by molar-refractivity contribution is 8.02. The number of aliphatic carboxylic acids is 1. The highest BCUT2D eigenvalue weighted by Crippen LogP contribution is 2.42. The summed E-state index contributed by atoms with van der Waals surface area (Å²) in [7, 11) is 1.65. The van der Waals surface area contributed by atoms with Crippen LogP contribution in [0.25, 0.3) is 0 Å². The average Bonchev–Trinajstić information content (AvgIpc) is 3.22. The molecule has 4 atom stereocenters. The van der Waals surface area contributed by atoms with Gasteiger partial charge < -0.3 is 35.9 Å². The summed E-state index contributed by atoms with van der Waals surface area (Å²) in [4.78, 5) is 45.0. The lowest BCUT2D eigenvalue weighted by atomic mass is 10.1. The molecule has 2 fully saturated rings. The molecule has 5 N–H and O–H groups in total. The fraction of sp³-hybridized carbons (Fsp3) is 0.529. The number of hydrogen-bond acceptors (Lipinski definition) is 10. The Kier molecular flexibility index (Phi) is 5.98. The van der Waals surface area contributed by atoms with E-state index in [9.17, 15) is 24.6 Å². The van der Waals surface area contributed by atoms with Gasteiger partial charge in [0.1, 0.15) is 16.9 Å². The highest BCUT2D eigenvalue weighted by atomic mass is 32.2. The smallest absolute Gasteiger partial charge is 0.350 e. The minimum absolute atomic E-state index is 0.0254. The predicted molar refractivity (Wildman–Crippen MR) is 112 cm³/mol. The van der Waals surface area contributed by atoms with E-state index in [4.69, 9.17) is 10.6 Å². The van der Waals surface area contributed by atoms with Gasteiger partial charge in [-0.05, 0) is 13.8 Å². The maximum atomic E-state index is 13.0. The fourth-order valence-electron chi connectivity index (χ4n) is 2.86. The molecule has 0 aliphatic carbocycles. The molecule has 13 heteroatoms. The summed E-state index contributed by atoms with van der Waals surface area (Å²) in [5, 5.41) is 26.2. The summed E-state index contributed by atoms with van der Waals surface area (Å²) < 4.78 is 0. The molecule has 0 aromatic rings. The Hall–Kier alpha value is -2.38. The van der Waals surface area contributed by atoms with Gasteiger partial charge in [0, 0.05) is 19.0 Å². The molecule has 0 aromatic carbocycles. The molecule has 2 amide bonds. The van der Waals surface area contributed by atoms with E-state index in [-0.39, 0.29) is 28.0 Å². The second kappa shape index (κ2) is 8.04. The number of carboxylic acid groups (broad SMARTS) is 1. The number of thioether (sulfide) groups is 2. The van der Waals surface area contributed by atoms with Gasteiger partial charge in [0.2, 0.25) is 11.5 Å². The predicted octanol–water partition coefficient (Wildman–Crippen LogP) is -0.175. The van der Waals surface area contributed by atoms with E-state index in [1.165, 1.54) is 37.4 Å². The van der Waals surface area contributed by atoms with Crippen LogP contribution in [0, 0.1) is 0 Å². The van der Waals surface area contributed by atoms with Crippen molar-refractivity contribution in [2.75, 3.05) is 13.6 Å². The number of oxime groups is 1. The number of aliphatic hydroxyl groups excluding tert-OH is 1. The summed E-state index contributed by atoms with van der Waals surface area (Å²) in [5.41, 5.74) is 3.96. The summed E-state index contributed by atoms with van der Waals surface area (Å²) in [6.07, 6.45) is 0. The van der Waals surface area contributed by atoms with E-state index in [0.29, 0.717) is 12.2 Å². The van der Waals surface area contributed by atoms with Gasteiger partial charge in [-0.15, -0.1) is 11.8 Å². The normalized spacial score (nSPS) is 28.6. The monoisotopic (exact) mass is 457 g/mol. The Bertz CT molecular complexity index is 860. The number of nitrogens with one attached hydrogen (secondary N) is 1. The first-order chi connectivity index (χ1) is 13.9. The molecular weight excluding hydrogens is 434 g/mol. The van der Waals surface area contributed by atoms with Crippen molar-refractivity contribution in [3.05, 3.63) is 23.4 Å². The molecule has 3 aliphatic heterocycles. The second-order valence-electron chi connectivity index (χ2n) is 7.44. The Labute approximate surface area is 181 Å². The second-order valence-corrected chi connectivity index (χ2v) is 9.75. The lowest BCUT2D eigenvalue weighted by Crippen LogP contribution is -2.68. The average molecular weight is 458 g/mol. The molecule has 3 aliphatic rings. The minimum atomic E-state index is -1.67. The molecule has 3 rings (SSSR count). The largest absolute Gasteiger partial charge is 0.512 e. The van der Waals surface area contributed by atoms with Gasteiger partial charge in [-0.1, -0.05) is 23.5 Å². The van der Waals surface area contributed by atoms with Crippen LogP contribution in [0.4, 0.5) is 0 Å². The van der Waals surface area contributed by atoms with Crippen LogP contribution in [-0.4, -0.2) is 84.9 Å². The molecule has 164 valence electrons. The first kappa shape index (κ1) is 22.3. The van der Waals surface area contributed by atoms with Gasteiger partial charge in [0.15, 0.2) is 5.71 Å². The van der Waals surface area contributed by atoms with Gasteiger partial charge in [0.25, 0.3) is 5.91 Å². The van der Waals surface area contributed by atoms with Crippen molar-refractivity contribution >= 4 is 47.0 Å². The number of hydrogen-bond donors (Lipinski definition) is 4. The molecule has 0 aromatic heterocycles. The van der Waals surface area contributed by atoms with Crippen molar-refractivity contribution in [2.24, 2.45) is 10.9 Å². The third-order valence-corrected chi connectivity index (χ3v) is 7.39. The van der Waals surface area contributed by atoms with Crippen molar-refractivity contribution < 1.29 is 29.4 Å². The number of rotatable bonds is 7. The molecule has 30 heavy (non-hydrogen) atoms. The van der Waals surface area contributed by atoms with Crippen LogP contribution in [0.1, 0.15) is 13.8 Å². The van der Waals surface area contributed by atoms with Gasteiger partial charge in [-0.25, -0.2) is 4.79 Å². The first-order valence-corrected chi connectivity index (χ1v) is 10.8. The van der Waals surface area contributed by atoms with E-state index < -0.39 is 29.0 Å². The minimum Gasteiger partial charge on any atom is -0.512 e. The van der Waals surface area contributed by atoms with Gasteiger partial charge in [0.05, 0.1) is 16.7 Å². The van der Waals surface area contributed by atoms with Gasteiger partial charge in [-0.2, -0.15) is 0 Å². The number of amides is 2. The van der Waals surface area contributed by atoms with Crippen LogP contribution in [-0.2, 0) is 19.2 Å². The molecule has 2 saturated heterocycles. The maximum absolute atomic E-state index is 13.0. The standard InChI is InChI=1S/C17H23N5O6S2/c1-7(23)9-5-22-13(25)11(14(22)30-9)19-12(24)10(8-6-29-16(18)21(8)4)20-28-17(2,3)15(26)27/h6,9,11,14,16,23H,1,5,18H2,2-4H3,(H,19,24)(H,26,27)/b20-10-/t9-,11-,14?,16?/m1/s1. The van der Waals surface area contributed by atoms with Gasteiger partial charge in [-0.3, -0.25) is 9.59 Å². The molecule has 0 radical (unpaired) electrons. The topological polar surface area (TPSA) is 158 Å². The van der Waals surface area contributed by atoms with Crippen molar-refractivity contribution in [2.45, 2.75) is 41.6 Å². The number of fused-ring (bicyclic) bond motifs is 1. The Morgan fingerprint density at radius 1 is 1.43 bits per heavy atom. The number of nitrogens with two attached hydrogens (primary N) is 1. The van der Waals surface area contributed by atoms with Crippen molar-refractivity contribution in [1.82, 2.24) is 15.1 Å². The van der Waals surface area contributed by atoms with Gasteiger partial charge >= 0.3 is 5.97 Å². The molecular formula is C17H23N5O6S2. The SMILES string of the molecule is C=C(O)[C@H]1CN2C(=O)[C@@H](NC(=O)/C(=N\OC(C)(C)C(=O)O)C3=CSC(N)N3C)C2S1. The molecule has 0 spiro atoms. The lowest BCUT2D eigenvalue weighted by Gasteiger charge is -2.41. The molecule has 3 heterocycles. The summed E-state index contributed by atoms with van der Waals surface area (Å²) in [6.45, 7) is 6.42. The zero-order valence-electron chi connectivity index (χ0n) is 16.6. The van der Waals surface area contributed by atoms with E-state index in [1.54, 1.807) is 22.3 Å².